The van der Waals surface area contributed by atoms with E-state index in [-0.39, 0.29) is 6.04 Å². The van der Waals surface area contributed by atoms with Crippen LogP contribution in [-0.4, -0.2) is 13.7 Å². The maximum atomic E-state index is 5.53. The molecule has 1 atom stereocenters. The Balaban J connectivity index is 2.46. The van der Waals surface area contributed by atoms with Gasteiger partial charge in [-0.3, -0.25) is 0 Å². The van der Waals surface area contributed by atoms with Crippen LogP contribution in [-0.2, 0) is 0 Å². The summed E-state index contributed by atoms with van der Waals surface area (Å²) in [5.74, 6) is 1.85. The van der Waals surface area contributed by atoms with Crippen LogP contribution < -0.4 is 10.1 Å². The van der Waals surface area contributed by atoms with Gasteiger partial charge in [-0.15, -0.1) is 0 Å². The molecule has 2 rings (SSSR count). The number of nitrogens with one attached hydrogen (secondary N) is 1. The number of ether oxygens (including phenoxy) is 1. The van der Waals surface area contributed by atoms with Crippen molar-refractivity contribution in [3.63, 3.8) is 0 Å². The van der Waals surface area contributed by atoms with Gasteiger partial charge in [0, 0.05) is 11.1 Å². The lowest BCUT2D eigenvalue weighted by Crippen LogP contribution is -2.24. The molecule has 0 aliphatic rings. The molecule has 0 radical (unpaired) electrons. The first-order valence-electron chi connectivity index (χ1n) is 7.09. The second kappa shape index (κ2) is 6.62. The molecule has 108 valence electrons. The van der Waals surface area contributed by atoms with Gasteiger partial charge in [0.2, 0.25) is 0 Å². The molecule has 1 unspecified atom stereocenters. The molecular formula is C17H23NO2. The van der Waals surface area contributed by atoms with Gasteiger partial charge < -0.3 is 14.5 Å². The summed E-state index contributed by atoms with van der Waals surface area (Å²) < 4.78 is 11.0. The van der Waals surface area contributed by atoms with Crippen LogP contribution in [0.15, 0.2) is 34.9 Å². The molecule has 0 spiro atoms. The van der Waals surface area contributed by atoms with Crippen LogP contribution in [0.3, 0.4) is 0 Å². The summed E-state index contributed by atoms with van der Waals surface area (Å²) in [7, 11) is 1.72. The van der Waals surface area contributed by atoms with Gasteiger partial charge in [-0.25, -0.2) is 0 Å². The van der Waals surface area contributed by atoms with Gasteiger partial charge in [0.05, 0.1) is 19.4 Å². The predicted octanol–water partition coefficient (Wildman–Crippen LogP) is 3.99. The summed E-state index contributed by atoms with van der Waals surface area (Å²) in [4.78, 5) is 0. The standard InChI is InChI=1S/C17H23NO2/c1-5-9-18-17(14-8-10-20-13(14)3)15-11-12(2)6-7-16(15)19-4/h6-8,10-11,17-18H,5,9H2,1-4H3. The van der Waals surface area contributed by atoms with E-state index in [1.54, 1.807) is 13.4 Å². The molecule has 0 saturated carbocycles. The van der Waals surface area contributed by atoms with Crippen molar-refractivity contribution in [2.45, 2.75) is 33.2 Å². The molecule has 1 N–H and O–H groups in total. The third kappa shape index (κ3) is 3.05. The summed E-state index contributed by atoms with van der Waals surface area (Å²) in [5, 5.41) is 3.59. The molecule has 1 heterocycles. The van der Waals surface area contributed by atoms with Gasteiger partial charge in [-0.1, -0.05) is 24.6 Å². The van der Waals surface area contributed by atoms with Crippen molar-refractivity contribution >= 4 is 0 Å². The minimum atomic E-state index is 0.101. The van der Waals surface area contributed by atoms with E-state index >= 15 is 0 Å². The van der Waals surface area contributed by atoms with Crippen molar-refractivity contribution < 1.29 is 9.15 Å². The molecule has 0 amide bonds. The normalized spacial score (nSPS) is 12.4. The molecule has 0 saturated heterocycles. The number of rotatable bonds is 6. The maximum absolute atomic E-state index is 5.53. The summed E-state index contributed by atoms with van der Waals surface area (Å²) in [6, 6.07) is 8.41. The number of methoxy groups -OCH3 is 1. The third-order valence-electron chi connectivity index (χ3n) is 3.50. The summed E-state index contributed by atoms with van der Waals surface area (Å²) >= 11 is 0. The van der Waals surface area contributed by atoms with Crippen LogP contribution in [0.25, 0.3) is 0 Å². The molecule has 1 aromatic heterocycles. The minimum Gasteiger partial charge on any atom is -0.496 e. The van der Waals surface area contributed by atoms with Crippen molar-refractivity contribution in [1.82, 2.24) is 5.32 Å². The van der Waals surface area contributed by atoms with Gasteiger partial charge in [0.15, 0.2) is 0 Å². The lowest BCUT2D eigenvalue weighted by atomic mass is 9.96. The molecular weight excluding hydrogens is 250 g/mol. The van der Waals surface area contributed by atoms with Crippen molar-refractivity contribution in [2.24, 2.45) is 0 Å². The number of aryl methyl sites for hydroxylation is 2. The van der Waals surface area contributed by atoms with E-state index in [9.17, 15) is 0 Å². The highest BCUT2D eigenvalue weighted by molar-refractivity contribution is 5.44. The van der Waals surface area contributed by atoms with Crippen LogP contribution in [0.5, 0.6) is 5.75 Å². The van der Waals surface area contributed by atoms with Gasteiger partial charge in [0.25, 0.3) is 0 Å². The maximum Gasteiger partial charge on any atom is 0.124 e. The molecule has 2 aromatic rings. The topological polar surface area (TPSA) is 34.4 Å². The highest BCUT2D eigenvalue weighted by atomic mass is 16.5. The highest BCUT2D eigenvalue weighted by Crippen LogP contribution is 2.32. The Morgan fingerprint density at radius 1 is 1.20 bits per heavy atom. The summed E-state index contributed by atoms with van der Waals surface area (Å²) in [6.45, 7) is 7.21. The van der Waals surface area contributed by atoms with Gasteiger partial charge in [0.1, 0.15) is 11.5 Å². The average molecular weight is 273 g/mol. The van der Waals surface area contributed by atoms with Gasteiger partial charge in [-0.2, -0.15) is 0 Å². The predicted molar refractivity (Wildman–Crippen MR) is 81.3 cm³/mol. The Kier molecular flexibility index (Phi) is 4.85. The SMILES string of the molecule is CCCNC(c1cc(C)ccc1OC)c1ccoc1C. The number of benzene rings is 1. The number of hydrogen-bond acceptors (Lipinski definition) is 3. The Bertz CT molecular complexity index is 560. The van der Waals surface area contributed by atoms with Gasteiger partial charge >= 0.3 is 0 Å². The fraction of sp³-hybridized carbons (Fsp3) is 0.412. The Morgan fingerprint density at radius 3 is 2.60 bits per heavy atom. The van der Waals surface area contributed by atoms with Crippen LogP contribution in [0.4, 0.5) is 0 Å². The molecule has 1 aromatic carbocycles. The highest BCUT2D eigenvalue weighted by Gasteiger charge is 2.21. The van der Waals surface area contributed by atoms with Crippen LogP contribution in [0.2, 0.25) is 0 Å². The van der Waals surface area contributed by atoms with Crippen molar-refractivity contribution in [1.29, 1.82) is 0 Å². The second-order valence-corrected chi connectivity index (χ2v) is 5.06. The van der Waals surface area contributed by atoms with Crippen LogP contribution in [0, 0.1) is 13.8 Å². The van der Waals surface area contributed by atoms with E-state index in [2.05, 4.69) is 31.3 Å². The van der Waals surface area contributed by atoms with E-state index in [4.69, 9.17) is 9.15 Å². The quantitative estimate of drug-likeness (QED) is 0.864. The molecule has 20 heavy (non-hydrogen) atoms. The van der Waals surface area contributed by atoms with Crippen molar-refractivity contribution in [3.05, 3.63) is 53.0 Å². The second-order valence-electron chi connectivity index (χ2n) is 5.06. The minimum absolute atomic E-state index is 0.101. The molecule has 0 fully saturated rings. The summed E-state index contributed by atoms with van der Waals surface area (Å²) in [5.41, 5.74) is 3.55. The van der Waals surface area contributed by atoms with Crippen LogP contribution >= 0.6 is 0 Å². The Hall–Kier alpha value is -1.74. The van der Waals surface area contributed by atoms with Crippen LogP contribution in [0.1, 0.15) is 41.8 Å². The fourth-order valence-corrected chi connectivity index (χ4v) is 2.45. The smallest absolute Gasteiger partial charge is 0.124 e. The van der Waals surface area contributed by atoms with E-state index in [1.165, 1.54) is 11.1 Å². The average Bonchev–Trinajstić information content (AvgIpc) is 2.86. The van der Waals surface area contributed by atoms with E-state index in [0.717, 1.165) is 30.0 Å². The fourth-order valence-electron chi connectivity index (χ4n) is 2.45. The number of furan rings is 1. The summed E-state index contributed by atoms with van der Waals surface area (Å²) in [6.07, 6.45) is 2.83. The monoisotopic (exact) mass is 273 g/mol. The third-order valence-corrected chi connectivity index (χ3v) is 3.50. The van der Waals surface area contributed by atoms with Crippen molar-refractivity contribution in [2.75, 3.05) is 13.7 Å². The molecule has 0 aliphatic carbocycles. The first-order chi connectivity index (χ1) is 9.67. The van der Waals surface area contributed by atoms with Crippen molar-refractivity contribution in [3.8, 4) is 5.75 Å². The molecule has 3 nitrogen and oxygen atoms in total. The Morgan fingerprint density at radius 2 is 2.00 bits per heavy atom. The number of hydrogen-bond donors (Lipinski definition) is 1. The van der Waals surface area contributed by atoms with Gasteiger partial charge in [-0.05, 0) is 38.9 Å². The first kappa shape index (κ1) is 14.7. The lowest BCUT2D eigenvalue weighted by Gasteiger charge is -2.21. The molecule has 0 aliphatic heterocycles. The zero-order chi connectivity index (χ0) is 14.5. The molecule has 0 bridgehead atoms. The molecule has 3 heteroatoms. The zero-order valence-corrected chi connectivity index (χ0v) is 12.7. The van der Waals surface area contributed by atoms with E-state index in [0.29, 0.717) is 0 Å². The zero-order valence-electron chi connectivity index (χ0n) is 12.7. The Labute approximate surface area is 121 Å². The largest absolute Gasteiger partial charge is 0.496 e. The first-order valence-corrected chi connectivity index (χ1v) is 7.09. The van der Waals surface area contributed by atoms with E-state index < -0.39 is 0 Å². The lowest BCUT2D eigenvalue weighted by molar-refractivity contribution is 0.403. The van der Waals surface area contributed by atoms with E-state index in [1.807, 2.05) is 19.1 Å².